The molecule has 1 heterocycles. The first-order valence-electron chi connectivity index (χ1n) is 3.99. The number of phenols is 1. The molecule has 0 saturated carbocycles. The van der Waals surface area contributed by atoms with Gasteiger partial charge in [-0.15, -0.1) is 0 Å². The Morgan fingerprint density at radius 1 is 1.31 bits per heavy atom. The second kappa shape index (κ2) is 3.54. The molecule has 0 spiro atoms. The molecule has 0 radical (unpaired) electrons. The first-order valence-corrected chi connectivity index (χ1v) is 4.37. The summed E-state index contributed by atoms with van der Waals surface area (Å²) in [5, 5.41) is 10.0. The maximum absolute atomic E-state index is 9.48. The number of ether oxygens (including phenoxy) is 2. The van der Waals surface area contributed by atoms with Gasteiger partial charge in [0.1, 0.15) is 5.75 Å². The molecule has 0 amide bonds. The van der Waals surface area contributed by atoms with E-state index in [1.165, 1.54) is 6.07 Å². The van der Waals surface area contributed by atoms with Crippen LogP contribution < -0.4 is 0 Å². The summed E-state index contributed by atoms with van der Waals surface area (Å²) in [6.07, 6.45) is -0.473. The van der Waals surface area contributed by atoms with Crippen LogP contribution in [0.4, 0.5) is 0 Å². The summed E-state index contributed by atoms with van der Waals surface area (Å²) in [6.45, 7) is 1.10. The summed E-state index contributed by atoms with van der Waals surface area (Å²) in [4.78, 5) is 0. The van der Waals surface area contributed by atoms with Gasteiger partial charge in [0.2, 0.25) is 0 Å². The number of phenolic OH excluding ortho intramolecular Hbond substituents is 1. The van der Waals surface area contributed by atoms with E-state index in [-0.39, 0.29) is 5.75 Å². The molecular weight excluding hydrogens is 192 g/mol. The van der Waals surface area contributed by atoms with Gasteiger partial charge in [0, 0.05) is 5.02 Å². The molecule has 2 rings (SSSR count). The largest absolute Gasteiger partial charge is 0.507 e. The third kappa shape index (κ3) is 1.77. The Morgan fingerprint density at radius 2 is 2.00 bits per heavy atom. The number of halogens is 1. The fourth-order valence-electron chi connectivity index (χ4n) is 1.25. The lowest BCUT2D eigenvalue weighted by Crippen LogP contribution is -1.98. The lowest BCUT2D eigenvalue weighted by atomic mass is 10.2. The summed E-state index contributed by atoms with van der Waals surface area (Å²) in [6, 6.07) is 4.80. The molecule has 1 aromatic rings. The van der Waals surface area contributed by atoms with Crippen molar-refractivity contribution >= 4 is 11.6 Å². The van der Waals surface area contributed by atoms with E-state index in [4.69, 9.17) is 21.1 Å². The lowest BCUT2D eigenvalue weighted by Gasteiger charge is -2.10. The van der Waals surface area contributed by atoms with Crippen LogP contribution >= 0.6 is 11.6 Å². The van der Waals surface area contributed by atoms with Gasteiger partial charge in [-0.25, -0.2) is 0 Å². The van der Waals surface area contributed by atoms with Crippen LogP contribution in [0.5, 0.6) is 5.75 Å². The highest BCUT2D eigenvalue weighted by molar-refractivity contribution is 6.30. The standard InChI is InChI=1S/C9H9ClO3/c10-6-1-2-8(11)7(5-6)9-12-3-4-13-9/h1-2,5,9,11H,3-4H2. The molecule has 0 atom stereocenters. The van der Waals surface area contributed by atoms with E-state index in [9.17, 15) is 5.11 Å². The molecule has 0 bridgehead atoms. The smallest absolute Gasteiger partial charge is 0.187 e. The molecule has 0 aliphatic carbocycles. The molecule has 1 N–H and O–H groups in total. The van der Waals surface area contributed by atoms with Crippen molar-refractivity contribution in [1.82, 2.24) is 0 Å². The van der Waals surface area contributed by atoms with Gasteiger partial charge < -0.3 is 14.6 Å². The van der Waals surface area contributed by atoms with Gasteiger partial charge in [-0.05, 0) is 18.2 Å². The first kappa shape index (κ1) is 8.81. The van der Waals surface area contributed by atoms with Crippen molar-refractivity contribution in [3.05, 3.63) is 28.8 Å². The van der Waals surface area contributed by atoms with Gasteiger partial charge in [0.05, 0.1) is 18.8 Å². The van der Waals surface area contributed by atoms with Crippen molar-refractivity contribution in [3.63, 3.8) is 0 Å². The van der Waals surface area contributed by atoms with Crippen LogP contribution in [-0.4, -0.2) is 18.3 Å². The van der Waals surface area contributed by atoms with Crippen LogP contribution in [0.2, 0.25) is 5.02 Å². The van der Waals surface area contributed by atoms with E-state index < -0.39 is 6.29 Å². The number of hydrogen-bond acceptors (Lipinski definition) is 3. The Balaban J connectivity index is 2.32. The third-order valence-corrected chi connectivity index (χ3v) is 2.10. The van der Waals surface area contributed by atoms with E-state index in [0.717, 1.165) is 0 Å². The van der Waals surface area contributed by atoms with Gasteiger partial charge in [0.15, 0.2) is 6.29 Å². The van der Waals surface area contributed by atoms with Gasteiger partial charge in [-0.1, -0.05) is 11.6 Å². The van der Waals surface area contributed by atoms with E-state index in [1.807, 2.05) is 0 Å². The molecule has 70 valence electrons. The van der Waals surface area contributed by atoms with Crippen molar-refractivity contribution in [1.29, 1.82) is 0 Å². The van der Waals surface area contributed by atoms with E-state index >= 15 is 0 Å². The molecule has 1 aromatic carbocycles. The Kier molecular flexibility index (Phi) is 2.40. The summed E-state index contributed by atoms with van der Waals surface area (Å²) < 4.78 is 10.5. The number of rotatable bonds is 1. The van der Waals surface area contributed by atoms with Crippen molar-refractivity contribution in [2.45, 2.75) is 6.29 Å². The highest BCUT2D eigenvalue weighted by Crippen LogP contribution is 2.32. The molecule has 0 aromatic heterocycles. The normalized spacial score (nSPS) is 17.9. The van der Waals surface area contributed by atoms with Gasteiger partial charge >= 0.3 is 0 Å². The molecule has 1 fully saturated rings. The Morgan fingerprint density at radius 3 is 2.69 bits per heavy atom. The number of benzene rings is 1. The minimum Gasteiger partial charge on any atom is -0.507 e. The third-order valence-electron chi connectivity index (χ3n) is 1.87. The summed E-state index contributed by atoms with van der Waals surface area (Å²) in [7, 11) is 0. The SMILES string of the molecule is Oc1ccc(Cl)cc1C1OCCO1. The summed E-state index contributed by atoms with van der Waals surface area (Å²) in [5.41, 5.74) is 0.588. The monoisotopic (exact) mass is 200 g/mol. The quantitative estimate of drug-likeness (QED) is 0.755. The molecule has 1 saturated heterocycles. The van der Waals surface area contributed by atoms with Crippen LogP contribution in [0.15, 0.2) is 18.2 Å². The maximum Gasteiger partial charge on any atom is 0.187 e. The first-order chi connectivity index (χ1) is 6.27. The van der Waals surface area contributed by atoms with E-state index in [2.05, 4.69) is 0 Å². The van der Waals surface area contributed by atoms with Gasteiger partial charge in [-0.3, -0.25) is 0 Å². The van der Waals surface area contributed by atoms with Crippen molar-refractivity contribution < 1.29 is 14.6 Å². The molecule has 1 aliphatic heterocycles. The topological polar surface area (TPSA) is 38.7 Å². The van der Waals surface area contributed by atoms with Gasteiger partial charge in [-0.2, -0.15) is 0 Å². The predicted octanol–water partition coefficient (Wildman–Crippen LogP) is 2.09. The predicted molar refractivity (Wildman–Crippen MR) is 47.8 cm³/mol. The van der Waals surface area contributed by atoms with Crippen molar-refractivity contribution in [3.8, 4) is 5.75 Å². The Bertz CT molecular complexity index is 308. The Labute approximate surface area is 80.8 Å². The second-order valence-corrected chi connectivity index (χ2v) is 3.21. The number of hydrogen-bond donors (Lipinski definition) is 1. The van der Waals surface area contributed by atoms with Crippen molar-refractivity contribution in [2.24, 2.45) is 0 Å². The van der Waals surface area contributed by atoms with Crippen LogP contribution in [0.3, 0.4) is 0 Å². The van der Waals surface area contributed by atoms with Crippen LogP contribution in [0.1, 0.15) is 11.9 Å². The second-order valence-electron chi connectivity index (χ2n) is 2.78. The fourth-order valence-corrected chi connectivity index (χ4v) is 1.43. The average molecular weight is 201 g/mol. The van der Waals surface area contributed by atoms with E-state index in [0.29, 0.717) is 23.8 Å². The van der Waals surface area contributed by atoms with E-state index in [1.54, 1.807) is 12.1 Å². The molecule has 4 heteroatoms. The fraction of sp³-hybridized carbons (Fsp3) is 0.333. The Hall–Kier alpha value is -0.770. The lowest BCUT2D eigenvalue weighted by molar-refractivity contribution is -0.0454. The molecule has 13 heavy (non-hydrogen) atoms. The minimum absolute atomic E-state index is 0.149. The van der Waals surface area contributed by atoms with Crippen LogP contribution in [0, 0.1) is 0 Å². The van der Waals surface area contributed by atoms with Crippen LogP contribution in [-0.2, 0) is 9.47 Å². The number of aromatic hydroxyl groups is 1. The summed E-state index contributed by atoms with van der Waals surface area (Å²) >= 11 is 5.77. The molecule has 3 nitrogen and oxygen atoms in total. The minimum atomic E-state index is -0.473. The molecule has 1 aliphatic rings. The molecular formula is C9H9ClO3. The van der Waals surface area contributed by atoms with Gasteiger partial charge in [0.25, 0.3) is 0 Å². The van der Waals surface area contributed by atoms with Crippen LogP contribution in [0.25, 0.3) is 0 Å². The average Bonchev–Trinajstić information content (AvgIpc) is 2.61. The summed E-state index contributed by atoms with van der Waals surface area (Å²) in [5.74, 6) is 0.149. The zero-order valence-electron chi connectivity index (χ0n) is 6.87. The zero-order chi connectivity index (χ0) is 9.26. The highest BCUT2D eigenvalue weighted by atomic mass is 35.5. The maximum atomic E-state index is 9.48. The highest BCUT2D eigenvalue weighted by Gasteiger charge is 2.21. The molecule has 0 unspecified atom stereocenters. The zero-order valence-corrected chi connectivity index (χ0v) is 7.62. The van der Waals surface area contributed by atoms with Crippen molar-refractivity contribution in [2.75, 3.05) is 13.2 Å².